The van der Waals surface area contributed by atoms with E-state index in [0.717, 1.165) is 57.3 Å². The van der Waals surface area contributed by atoms with Crippen LogP contribution in [0.15, 0.2) is 24.4 Å². The number of carbonyl (C=O) groups excluding carboxylic acids is 2. The summed E-state index contributed by atoms with van der Waals surface area (Å²) in [5.74, 6) is -0.359. The van der Waals surface area contributed by atoms with E-state index in [-0.39, 0.29) is 53.2 Å². The Kier molecular flexibility index (Phi) is 5.78. The van der Waals surface area contributed by atoms with Crippen LogP contribution < -0.4 is 21.3 Å². The fourth-order valence-corrected chi connectivity index (χ4v) is 6.80. The predicted octanol–water partition coefficient (Wildman–Crippen LogP) is 2.63. The highest BCUT2D eigenvalue weighted by Crippen LogP contribution is 2.54. The Bertz CT molecular complexity index is 1200. The van der Waals surface area contributed by atoms with Crippen LogP contribution in [0.25, 0.3) is 0 Å². The number of likely N-dealkylation sites (N-methyl/N-ethyl adjacent to an activating group) is 1. The molecular formula is C26H32FN7O2. The molecule has 0 spiro atoms. The van der Waals surface area contributed by atoms with Crippen molar-refractivity contribution in [3.8, 4) is 0 Å². The lowest BCUT2D eigenvalue weighted by atomic mass is 9.75. The molecule has 4 N–H and O–H groups in total. The first-order valence-electron chi connectivity index (χ1n) is 12.8. The number of nitrogens with two attached hydrogens (primary N) is 1. The van der Waals surface area contributed by atoms with Crippen LogP contribution in [-0.2, 0) is 4.79 Å². The quantitative estimate of drug-likeness (QED) is 0.585. The molecule has 2 aliphatic heterocycles. The van der Waals surface area contributed by atoms with Gasteiger partial charge in [-0.1, -0.05) is 0 Å². The maximum atomic E-state index is 14.8. The third kappa shape index (κ3) is 4.17. The highest BCUT2D eigenvalue weighted by Gasteiger charge is 2.54. The van der Waals surface area contributed by atoms with Gasteiger partial charge in [-0.15, -0.1) is 0 Å². The number of piperazine rings is 1. The summed E-state index contributed by atoms with van der Waals surface area (Å²) in [6.45, 7) is 3.66. The molecular weight excluding hydrogens is 461 g/mol. The van der Waals surface area contributed by atoms with Crippen molar-refractivity contribution >= 4 is 34.8 Å². The Morgan fingerprint density at radius 2 is 1.94 bits per heavy atom. The zero-order chi connectivity index (χ0) is 25.0. The number of benzene rings is 1. The number of ketones is 1. The van der Waals surface area contributed by atoms with E-state index in [9.17, 15) is 14.0 Å². The molecule has 4 aliphatic rings. The van der Waals surface area contributed by atoms with E-state index < -0.39 is 5.82 Å². The highest BCUT2D eigenvalue weighted by molar-refractivity contribution is 5.98. The largest absolute Gasteiger partial charge is 0.369 e. The summed E-state index contributed by atoms with van der Waals surface area (Å²) in [5.41, 5.74) is 8.08. The van der Waals surface area contributed by atoms with Crippen molar-refractivity contribution < 1.29 is 14.0 Å². The molecule has 9 nitrogen and oxygen atoms in total. The number of fused-ring (bicyclic) bond motifs is 5. The molecule has 3 heterocycles. The lowest BCUT2D eigenvalue weighted by Gasteiger charge is -2.35. The minimum atomic E-state index is -0.572. The molecule has 10 heteroatoms. The van der Waals surface area contributed by atoms with E-state index >= 15 is 0 Å². The molecule has 2 saturated carbocycles. The van der Waals surface area contributed by atoms with E-state index in [1.165, 1.54) is 0 Å². The molecule has 2 aliphatic carbocycles. The third-order valence-electron chi connectivity index (χ3n) is 8.62. The number of amides is 1. The van der Waals surface area contributed by atoms with E-state index in [1.54, 1.807) is 0 Å². The lowest BCUT2D eigenvalue weighted by molar-refractivity contribution is -0.123. The van der Waals surface area contributed by atoms with Crippen molar-refractivity contribution in [3.63, 3.8) is 0 Å². The molecule has 1 aromatic heterocycles. The summed E-state index contributed by atoms with van der Waals surface area (Å²) >= 11 is 0. The number of nitrogens with zero attached hydrogens (tertiary/aromatic N) is 4. The van der Waals surface area contributed by atoms with E-state index in [4.69, 9.17) is 5.73 Å². The monoisotopic (exact) mass is 493 g/mol. The number of rotatable bonds is 2. The summed E-state index contributed by atoms with van der Waals surface area (Å²) in [5, 5.41) is 6.39. The van der Waals surface area contributed by atoms with Gasteiger partial charge in [0.05, 0.1) is 12.1 Å². The lowest BCUT2D eigenvalue weighted by Crippen LogP contribution is -2.45. The third-order valence-corrected chi connectivity index (χ3v) is 8.62. The number of Topliss-reactive ketones (excluding diaryl/α,β-unsaturated/α-hetero) is 1. The Labute approximate surface area is 209 Å². The second-order valence-corrected chi connectivity index (χ2v) is 10.8. The normalized spacial score (nSPS) is 29.9. The van der Waals surface area contributed by atoms with Gasteiger partial charge in [-0.3, -0.25) is 9.59 Å². The molecule has 0 unspecified atom stereocenters. The molecule has 6 rings (SSSR count). The van der Waals surface area contributed by atoms with Gasteiger partial charge in [-0.25, -0.2) is 9.37 Å². The van der Waals surface area contributed by atoms with Gasteiger partial charge in [0.25, 0.3) is 0 Å². The molecule has 3 fully saturated rings. The average molecular weight is 494 g/mol. The Morgan fingerprint density at radius 1 is 1.14 bits per heavy atom. The summed E-state index contributed by atoms with van der Waals surface area (Å²) in [6.07, 6.45) is 4.02. The van der Waals surface area contributed by atoms with Crippen molar-refractivity contribution in [2.45, 2.75) is 31.7 Å². The second kappa shape index (κ2) is 8.99. The van der Waals surface area contributed by atoms with Gasteiger partial charge in [0.2, 0.25) is 11.9 Å². The van der Waals surface area contributed by atoms with Gasteiger partial charge in [0.1, 0.15) is 0 Å². The zero-order valence-corrected chi connectivity index (χ0v) is 20.4. The highest BCUT2D eigenvalue weighted by atomic mass is 19.1. The van der Waals surface area contributed by atoms with Crippen LogP contribution in [-0.4, -0.2) is 65.8 Å². The first-order chi connectivity index (χ1) is 17.4. The molecule has 1 aromatic carbocycles. The zero-order valence-electron chi connectivity index (χ0n) is 20.4. The van der Waals surface area contributed by atoms with Crippen LogP contribution in [0.1, 0.15) is 36.0 Å². The maximum absolute atomic E-state index is 14.8. The predicted molar refractivity (Wildman–Crippen MR) is 135 cm³/mol. The average Bonchev–Trinajstić information content (AvgIpc) is 3.42. The number of carbonyl (C=O) groups is 2. The SMILES string of the molecule is CN1CCN(c2cc3cc(c2)C(=O)CC[C@@H]2C[C@@H]4C[C@H]2[C@@H](Nc2nc(ncc2F)N3)[C@H]4C(N)=O)CC1. The standard InChI is InChI=1S/C26H32FN7O2/c1-33-4-6-34(7-5-33)18-10-15-9-17(12-18)30-26-29-13-20(27)25(32-26)31-23-19-11-16(22(23)24(28)36)8-14(19)2-3-21(15)35/h9-10,12-14,16,19,22-23H,2-8,11H2,1H3,(H2,28,36)(H2,29,30,31,32)/t14-,16-,19-,22+,23-/m1/s1. The van der Waals surface area contributed by atoms with E-state index in [2.05, 4.69) is 37.4 Å². The van der Waals surface area contributed by atoms with Crippen LogP contribution in [0.4, 0.5) is 27.5 Å². The van der Waals surface area contributed by atoms with E-state index in [0.29, 0.717) is 17.7 Å². The van der Waals surface area contributed by atoms with Crippen LogP contribution >= 0.6 is 0 Å². The number of primary amides is 1. The number of nitrogens with one attached hydrogen (secondary N) is 2. The van der Waals surface area contributed by atoms with E-state index in [1.807, 2.05) is 18.2 Å². The molecule has 5 atom stereocenters. The summed E-state index contributed by atoms with van der Waals surface area (Å²) in [6, 6.07) is 5.50. The molecule has 2 aromatic rings. The Morgan fingerprint density at radius 3 is 2.72 bits per heavy atom. The molecule has 0 radical (unpaired) electrons. The number of aromatic nitrogens is 2. The van der Waals surface area contributed by atoms with Crippen LogP contribution in [0.2, 0.25) is 0 Å². The molecule has 1 saturated heterocycles. The molecule has 190 valence electrons. The summed E-state index contributed by atoms with van der Waals surface area (Å²) in [7, 11) is 2.11. The number of hydrogen-bond acceptors (Lipinski definition) is 8. The Balaban J connectivity index is 1.38. The summed E-state index contributed by atoms with van der Waals surface area (Å²) in [4.78, 5) is 38.8. The van der Waals surface area contributed by atoms with Crippen molar-refractivity contribution in [2.75, 3.05) is 48.8 Å². The Hall–Kier alpha value is -3.27. The van der Waals surface area contributed by atoms with Crippen molar-refractivity contribution in [2.24, 2.45) is 29.4 Å². The number of halogens is 1. The van der Waals surface area contributed by atoms with Gasteiger partial charge >= 0.3 is 0 Å². The molecule has 1 amide bonds. The first kappa shape index (κ1) is 23.1. The van der Waals surface area contributed by atoms with Gasteiger partial charge in [-0.2, -0.15) is 4.98 Å². The van der Waals surface area contributed by atoms with Crippen molar-refractivity contribution in [1.29, 1.82) is 0 Å². The number of anilines is 4. The smallest absolute Gasteiger partial charge is 0.229 e. The van der Waals surface area contributed by atoms with Crippen molar-refractivity contribution in [3.05, 3.63) is 35.8 Å². The fourth-order valence-electron chi connectivity index (χ4n) is 6.80. The van der Waals surface area contributed by atoms with Crippen LogP contribution in [0.3, 0.4) is 0 Å². The minimum Gasteiger partial charge on any atom is -0.369 e. The van der Waals surface area contributed by atoms with Crippen LogP contribution in [0.5, 0.6) is 0 Å². The maximum Gasteiger partial charge on any atom is 0.229 e. The van der Waals surface area contributed by atoms with Gasteiger partial charge in [0.15, 0.2) is 17.4 Å². The minimum absolute atomic E-state index is 0.0682. The topological polar surface area (TPSA) is 116 Å². The first-order valence-corrected chi connectivity index (χ1v) is 12.8. The second-order valence-electron chi connectivity index (χ2n) is 10.8. The fraction of sp³-hybridized carbons (Fsp3) is 0.538. The van der Waals surface area contributed by atoms with Gasteiger partial charge in [0, 0.05) is 55.6 Å². The molecule has 6 bridgehead atoms. The number of hydrogen-bond donors (Lipinski definition) is 3. The van der Waals surface area contributed by atoms with Gasteiger partial charge < -0.3 is 26.2 Å². The molecule has 36 heavy (non-hydrogen) atoms. The summed E-state index contributed by atoms with van der Waals surface area (Å²) < 4.78 is 14.8. The van der Waals surface area contributed by atoms with Crippen LogP contribution in [0, 0.1) is 29.5 Å². The van der Waals surface area contributed by atoms with Crippen molar-refractivity contribution in [1.82, 2.24) is 14.9 Å². The van der Waals surface area contributed by atoms with Gasteiger partial charge in [-0.05, 0) is 62.3 Å².